The van der Waals surface area contributed by atoms with Crippen molar-refractivity contribution in [3.05, 3.63) is 93.6 Å². The standard InChI is InChI=1S/C23H15Cl2NO6S/c1-30-21-13-14(6-11-20(21)32-33(28,29)16-9-7-15(24)8-10-16)12-19-23(27)31-22(26-19)17-4-2-3-5-18(17)25/h2-13H,1H3/b19-12-. The summed E-state index contributed by atoms with van der Waals surface area (Å²) in [5.74, 6) is -0.431. The first-order valence-corrected chi connectivity index (χ1v) is 11.6. The Morgan fingerprint density at radius 3 is 2.39 bits per heavy atom. The average molecular weight is 504 g/mol. The molecule has 0 saturated carbocycles. The van der Waals surface area contributed by atoms with Crippen LogP contribution < -0.4 is 8.92 Å². The maximum atomic E-state index is 12.6. The highest BCUT2D eigenvalue weighted by molar-refractivity contribution is 7.87. The van der Waals surface area contributed by atoms with Crippen LogP contribution in [-0.4, -0.2) is 27.4 Å². The molecule has 1 aliphatic rings. The van der Waals surface area contributed by atoms with Gasteiger partial charge in [0.15, 0.2) is 17.2 Å². The maximum absolute atomic E-state index is 12.6. The number of rotatable bonds is 6. The number of hydrogen-bond acceptors (Lipinski definition) is 7. The molecule has 1 aliphatic heterocycles. The molecule has 0 fully saturated rings. The van der Waals surface area contributed by atoms with Gasteiger partial charge >= 0.3 is 16.1 Å². The monoisotopic (exact) mass is 503 g/mol. The Balaban J connectivity index is 1.62. The molecule has 1 heterocycles. The van der Waals surface area contributed by atoms with Crippen LogP contribution in [0.2, 0.25) is 10.0 Å². The summed E-state index contributed by atoms with van der Waals surface area (Å²) in [4.78, 5) is 16.4. The van der Waals surface area contributed by atoms with Crippen LogP contribution in [0.25, 0.3) is 6.08 Å². The molecular formula is C23H15Cl2NO6S. The van der Waals surface area contributed by atoms with Crippen LogP contribution in [0.4, 0.5) is 0 Å². The summed E-state index contributed by atoms with van der Waals surface area (Å²) in [5, 5.41) is 0.796. The predicted octanol–water partition coefficient (Wildman–Crippen LogP) is 5.11. The molecule has 0 spiro atoms. The second-order valence-corrected chi connectivity index (χ2v) is 9.11. The van der Waals surface area contributed by atoms with Gasteiger partial charge in [0.25, 0.3) is 0 Å². The Morgan fingerprint density at radius 1 is 0.970 bits per heavy atom. The zero-order valence-corrected chi connectivity index (χ0v) is 19.3. The molecule has 0 aliphatic carbocycles. The molecule has 168 valence electrons. The minimum absolute atomic E-state index is 0.0242. The SMILES string of the molecule is COc1cc(/C=C2\N=C(c3ccccc3Cl)OC2=O)ccc1OS(=O)(=O)c1ccc(Cl)cc1. The zero-order valence-electron chi connectivity index (χ0n) is 17.0. The van der Waals surface area contributed by atoms with E-state index in [1.807, 2.05) is 0 Å². The molecule has 7 nitrogen and oxygen atoms in total. The van der Waals surface area contributed by atoms with Crippen LogP contribution in [0.5, 0.6) is 11.5 Å². The highest BCUT2D eigenvalue weighted by atomic mass is 35.5. The van der Waals surface area contributed by atoms with Gasteiger partial charge < -0.3 is 13.7 Å². The van der Waals surface area contributed by atoms with Crippen molar-refractivity contribution in [1.29, 1.82) is 0 Å². The van der Waals surface area contributed by atoms with E-state index in [1.54, 1.807) is 30.3 Å². The normalized spacial score (nSPS) is 14.7. The van der Waals surface area contributed by atoms with E-state index in [4.69, 9.17) is 36.9 Å². The molecule has 0 unspecified atom stereocenters. The number of cyclic esters (lactones) is 1. The molecule has 0 saturated heterocycles. The van der Waals surface area contributed by atoms with Crippen molar-refractivity contribution >= 4 is 51.3 Å². The lowest BCUT2D eigenvalue weighted by atomic mass is 10.1. The number of carbonyl (C=O) groups excluding carboxylic acids is 1. The molecule has 0 N–H and O–H groups in total. The number of esters is 1. The minimum Gasteiger partial charge on any atom is -0.493 e. The quantitative estimate of drug-likeness (QED) is 0.263. The topological polar surface area (TPSA) is 91.3 Å². The van der Waals surface area contributed by atoms with Crippen molar-refractivity contribution in [2.24, 2.45) is 4.99 Å². The van der Waals surface area contributed by atoms with E-state index in [0.717, 1.165) is 0 Å². The number of carbonyl (C=O) groups is 1. The highest BCUT2D eigenvalue weighted by Gasteiger charge is 2.26. The van der Waals surface area contributed by atoms with E-state index in [1.165, 1.54) is 49.6 Å². The second kappa shape index (κ2) is 9.27. The molecule has 4 rings (SSSR count). The van der Waals surface area contributed by atoms with E-state index >= 15 is 0 Å². The van der Waals surface area contributed by atoms with Crippen LogP contribution in [0.15, 0.2) is 82.3 Å². The summed E-state index contributed by atoms with van der Waals surface area (Å²) in [7, 11) is -2.74. The van der Waals surface area contributed by atoms with Gasteiger partial charge in [-0.3, -0.25) is 0 Å². The van der Waals surface area contributed by atoms with Gasteiger partial charge in [0.05, 0.1) is 17.7 Å². The molecule has 0 radical (unpaired) electrons. The number of aliphatic imine (C=N–C) groups is 1. The number of halogens is 2. The number of hydrogen-bond donors (Lipinski definition) is 0. The molecular weight excluding hydrogens is 489 g/mol. The van der Waals surface area contributed by atoms with E-state index in [9.17, 15) is 13.2 Å². The van der Waals surface area contributed by atoms with Gasteiger partial charge in [-0.2, -0.15) is 8.42 Å². The van der Waals surface area contributed by atoms with Crippen LogP contribution in [0, 0.1) is 0 Å². The first kappa shape index (κ1) is 22.8. The third-order valence-electron chi connectivity index (χ3n) is 4.52. The van der Waals surface area contributed by atoms with Gasteiger partial charge in [0.1, 0.15) is 4.90 Å². The lowest BCUT2D eigenvalue weighted by Gasteiger charge is -2.11. The van der Waals surface area contributed by atoms with Gasteiger partial charge in [-0.25, -0.2) is 9.79 Å². The van der Waals surface area contributed by atoms with Crippen molar-refractivity contribution < 1.29 is 26.9 Å². The van der Waals surface area contributed by atoms with Gasteiger partial charge in [-0.15, -0.1) is 0 Å². The molecule has 0 atom stereocenters. The molecule has 33 heavy (non-hydrogen) atoms. The van der Waals surface area contributed by atoms with E-state index in [0.29, 0.717) is 21.2 Å². The van der Waals surface area contributed by atoms with Gasteiger partial charge in [0.2, 0.25) is 5.90 Å². The lowest BCUT2D eigenvalue weighted by Crippen LogP contribution is -2.10. The number of nitrogens with zero attached hydrogens (tertiary/aromatic N) is 1. The van der Waals surface area contributed by atoms with Crippen molar-refractivity contribution in [2.75, 3.05) is 7.11 Å². The summed E-state index contributed by atoms with van der Waals surface area (Å²) in [6.45, 7) is 0. The van der Waals surface area contributed by atoms with Crippen molar-refractivity contribution in [1.82, 2.24) is 0 Å². The van der Waals surface area contributed by atoms with Crippen molar-refractivity contribution in [2.45, 2.75) is 4.90 Å². The van der Waals surface area contributed by atoms with Gasteiger partial charge in [-0.05, 0) is 60.2 Å². The zero-order chi connectivity index (χ0) is 23.6. The summed E-state index contributed by atoms with van der Waals surface area (Å²) in [5.41, 5.74) is 1.05. The largest absolute Gasteiger partial charge is 0.493 e. The van der Waals surface area contributed by atoms with E-state index < -0.39 is 16.1 Å². The van der Waals surface area contributed by atoms with Crippen molar-refractivity contribution in [3.63, 3.8) is 0 Å². The van der Waals surface area contributed by atoms with Crippen molar-refractivity contribution in [3.8, 4) is 11.5 Å². The average Bonchev–Trinajstić information content (AvgIpc) is 3.15. The summed E-state index contributed by atoms with van der Waals surface area (Å²) >= 11 is 12.0. The van der Waals surface area contributed by atoms with Crippen LogP contribution >= 0.6 is 23.2 Å². The first-order chi connectivity index (χ1) is 15.8. The van der Waals surface area contributed by atoms with Gasteiger partial charge in [-0.1, -0.05) is 41.4 Å². The summed E-state index contributed by atoms with van der Waals surface area (Å²) in [6, 6.07) is 16.9. The summed E-state index contributed by atoms with van der Waals surface area (Å²) in [6.07, 6.45) is 1.48. The number of methoxy groups -OCH3 is 1. The van der Waals surface area contributed by atoms with E-state index in [-0.39, 0.29) is 28.0 Å². The Morgan fingerprint density at radius 2 is 1.70 bits per heavy atom. The summed E-state index contributed by atoms with van der Waals surface area (Å²) < 4.78 is 40.9. The van der Waals surface area contributed by atoms with Crippen LogP contribution in [0.1, 0.15) is 11.1 Å². The molecule has 0 amide bonds. The second-order valence-electron chi connectivity index (χ2n) is 6.72. The van der Waals surface area contributed by atoms with Gasteiger partial charge in [0, 0.05) is 5.02 Å². The Kier molecular flexibility index (Phi) is 6.42. The molecule has 10 heteroatoms. The molecule has 0 bridgehead atoms. The third-order valence-corrected chi connectivity index (χ3v) is 6.35. The Bertz CT molecular complexity index is 1400. The molecule has 3 aromatic carbocycles. The fraction of sp³-hybridized carbons (Fsp3) is 0.0435. The molecule has 3 aromatic rings. The minimum atomic E-state index is -4.11. The predicted molar refractivity (Wildman–Crippen MR) is 124 cm³/mol. The fourth-order valence-electron chi connectivity index (χ4n) is 2.93. The first-order valence-electron chi connectivity index (χ1n) is 9.42. The maximum Gasteiger partial charge on any atom is 0.363 e. The molecule has 0 aromatic heterocycles. The highest BCUT2D eigenvalue weighted by Crippen LogP contribution is 2.32. The Labute approximate surface area is 200 Å². The third kappa shape index (κ3) is 5.03. The Hall–Kier alpha value is -3.33. The van der Waals surface area contributed by atoms with Crippen LogP contribution in [0.3, 0.4) is 0 Å². The van der Waals surface area contributed by atoms with E-state index in [2.05, 4.69) is 4.99 Å². The number of benzene rings is 3. The lowest BCUT2D eigenvalue weighted by molar-refractivity contribution is -0.129. The fourth-order valence-corrected chi connectivity index (χ4v) is 4.21. The van der Waals surface area contributed by atoms with Crippen LogP contribution in [-0.2, 0) is 19.6 Å². The number of ether oxygens (including phenoxy) is 2. The smallest absolute Gasteiger partial charge is 0.363 e.